The molecule has 1 aromatic carbocycles. The Bertz CT molecular complexity index is 579. The van der Waals surface area contributed by atoms with Gasteiger partial charge >= 0.3 is 0 Å². The molecule has 0 radical (unpaired) electrons. The van der Waals surface area contributed by atoms with Crippen LogP contribution in [0.2, 0.25) is 0 Å². The number of alkyl halides is 1. The summed E-state index contributed by atoms with van der Waals surface area (Å²) in [5.74, 6) is 0.0446. The van der Waals surface area contributed by atoms with Crippen LogP contribution in [-0.2, 0) is 6.42 Å². The minimum Gasteiger partial charge on any atom is -0.352 e. The molecule has 1 aliphatic rings. The van der Waals surface area contributed by atoms with Crippen molar-refractivity contribution in [1.29, 1.82) is 0 Å². The lowest BCUT2D eigenvalue weighted by Gasteiger charge is -2.18. The van der Waals surface area contributed by atoms with E-state index < -0.39 is 0 Å². The van der Waals surface area contributed by atoms with Gasteiger partial charge in [-0.05, 0) is 46.0 Å². The fourth-order valence-electron chi connectivity index (χ4n) is 2.20. The van der Waals surface area contributed by atoms with Crippen LogP contribution in [0.3, 0.4) is 0 Å². The lowest BCUT2D eigenvalue weighted by atomic mass is 9.96. The number of carbonyl (C=O) groups excluding carboxylic acids is 1. The summed E-state index contributed by atoms with van der Waals surface area (Å²) in [6.45, 7) is 0.744. The molecule has 2 nitrogen and oxygen atoms in total. The maximum Gasteiger partial charge on any atom is 0.251 e. The zero-order valence-corrected chi connectivity index (χ0v) is 12.1. The van der Waals surface area contributed by atoms with Gasteiger partial charge < -0.3 is 5.32 Å². The van der Waals surface area contributed by atoms with Crippen molar-refractivity contribution in [3.8, 4) is 0 Å². The van der Waals surface area contributed by atoms with E-state index in [1.165, 1.54) is 5.56 Å². The van der Waals surface area contributed by atoms with Crippen LogP contribution < -0.4 is 5.32 Å². The molecule has 18 heavy (non-hydrogen) atoms. The molecule has 3 rings (SSSR count). The Kier molecular flexibility index (Phi) is 3.22. The SMILES string of the molecule is O=C1NCCc2ccc(C(Br)c3ccsc3)cc21. The van der Waals surface area contributed by atoms with Crippen molar-refractivity contribution in [3.05, 3.63) is 57.3 Å². The molecule has 0 fully saturated rings. The summed E-state index contributed by atoms with van der Waals surface area (Å²) in [7, 11) is 0. The predicted octanol–water partition coefficient (Wildman–Crippen LogP) is 3.52. The fraction of sp³-hybridized carbons (Fsp3) is 0.214. The summed E-state index contributed by atoms with van der Waals surface area (Å²) in [5, 5.41) is 7.08. The summed E-state index contributed by atoms with van der Waals surface area (Å²) in [4.78, 5) is 12.0. The molecule has 2 aromatic rings. The molecular weight excluding hydrogens is 310 g/mol. The molecule has 4 heteroatoms. The average Bonchev–Trinajstić information content (AvgIpc) is 2.92. The maximum absolute atomic E-state index is 11.8. The number of nitrogens with one attached hydrogen (secondary N) is 1. The Balaban J connectivity index is 1.99. The molecule has 0 aliphatic carbocycles. The molecule has 1 atom stereocenters. The molecule has 1 aromatic heterocycles. The molecule has 0 spiro atoms. The highest BCUT2D eigenvalue weighted by Gasteiger charge is 2.19. The van der Waals surface area contributed by atoms with E-state index in [2.05, 4.69) is 50.2 Å². The van der Waals surface area contributed by atoms with Gasteiger partial charge in [0.2, 0.25) is 0 Å². The quantitative estimate of drug-likeness (QED) is 0.842. The standard InChI is InChI=1S/C14H12BrNOS/c15-13(11-4-6-18-8-11)10-2-1-9-3-5-16-14(17)12(9)7-10/h1-2,4,6-8,13H,3,5H2,(H,16,17). The second-order valence-electron chi connectivity index (χ2n) is 4.34. The van der Waals surface area contributed by atoms with Crippen molar-refractivity contribution >= 4 is 33.2 Å². The van der Waals surface area contributed by atoms with E-state index in [-0.39, 0.29) is 10.7 Å². The first kappa shape index (κ1) is 11.9. The van der Waals surface area contributed by atoms with Crippen LogP contribution >= 0.6 is 27.3 Å². The van der Waals surface area contributed by atoms with Gasteiger partial charge in [0.05, 0.1) is 4.83 Å². The van der Waals surface area contributed by atoms with E-state index >= 15 is 0 Å². The minimum absolute atomic E-state index is 0.0446. The number of thiophene rings is 1. The van der Waals surface area contributed by atoms with Gasteiger partial charge in [0, 0.05) is 12.1 Å². The van der Waals surface area contributed by atoms with Gasteiger partial charge in [-0.2, -0.15) is 11.3 Å². The first-order chi connectivity index (χ1) is 8.75. The van der Waals surface area contributed by atoms with Crippen molar-refractivity contribution < 1.29 is 4.79 Å². The van der Waals surface area contributed by atoms with Crippen molar-refractivity contribution in [3.63, 3.8) is 0 Å². The van der Waals surface area contributed by atoms with Crippen molar-refractivity contribution in [2.24, 2.45) is 0 Å². The second kappa shape index (κ2) is 4.86. The fourth-order valence-corrected chi connectivity index (χ4v) is 3.63. The van der Waals surface area contributed by atoms with Crippen molar-refractivity contribution in [2.45, 2.75) is 11.2 Å². The van der Waals surface area contributed by atoms with Crippen LogP contribution in [0.4, 0.5) is 0 Å². The highest BCUT2D eigenvalue weighted by molar-refractivity contribution is 9.09. The van der Waals surface area contributed by atoms with Gasteiger partial charge in [0.15, 0.2) is 0 Å². The summed E-state index contributed by atoms with van der Waals surface area (Å²) in [6.07, 6.45) is 0.923. The van der Waals surface area contributed by atoms with Crippen molar-refractivity contribution in [2.75, 3.05) is 6.54 Å². The minimum atomic E-state index is 0.0446. The van der Waals surface area contributed by atoms with Crippen LogP contribution in [0.25, 0.3) is 0 Å². The Morgan fingerprint density at radius 2 is 2.17 bits per heavy atom. The number of hydrogen-bond donors (Lipinski definition) is 1. The van der Waals surface area contributed by atoms with E-state index in [9.17, 15) is 4.79 Å². The van der Waals surface area contributed by atoms with E-state index in [0.717, 1.165) is 29.7 Å². The molecular formula is C14H12BrNOS. The number of rotatable bonds is 2. The second-order valence-corrected chi connectivity index (χ2v) is 6.04. The topological polar surface area (TPSA) is 29.1 Å². The van der Waals surface area contributed by atoms with Gasteiger partial charge in [-0.3, -0.25) is 4.79 Å². The first-order valence-corrected chi connectivity index (χ1v) is 7.69. The van der Waals surface area contributed by atoms with Gasteiger partial charge in [-0.15, -0.1) is 0 Å². The van der Waals surface area contributed by atoms with Crippen LogP contribution in [0.5, 0.6) is 0 Å². The number of benzene rings is 1. The third-order valence-corrected chi connectivity index (χ3v) is 4.95. The molecule has 2 heterocycles. The normalized spacial score (nSPS) is 15.9. The number of carbonyl (C=O) groups is 1. The average molecular weight is 322 g/mol. The predicted molar refractivity (Wildman–Crippen MR) is 77.6 cm³/mol. The Morgan fingerprint density at radius 1 is 1.28 bits per heavy atom. The van der Waals surface area contributed by atoms with Gasteiger partial charge in [0.1, 0.15) is 0 Å². The zero-order valence-electron chi connectivity index (χ0n) is 9.65. The summed E-state index contributed by atoms with van der Waals surface area (Å²) >= 11 is 5.38. The van der Waals surface area contributed by atoms with Gasteiger partial charge in [-0.25, -0.2) is 0 Å². The van der Waals surface area contributed by atoms with Crippen LogP contribution in [0.15, 0.2) is 35.0 Å². The maximum atomic E-state index is 11.8. The molecule has 1 unspecified atom stereocenters. The summed E-state index contributed by atoms with van der Waals surface area (Å²) < 4.78 is 0. The summed E-state index contributed by atoms with van der Waals surface area (Å²) in [6, 6.07) is 8.28. The summed E-state index contributed by atoms with van der Waals surface area (Å²) in [5.41, 5.74) is 4.33. The molecule has 0 saturated carbocycles. The first-order valence-electron chi connectivity index (χ1n) is 5.83. The molecule has 0 saturated heterocycles. The van der Waals surface area contributed by atoms with E-state index in [1.54, 1.807) is 11.3 Å². The van der Waals surface area contributed by atoms with E-state index in [1.807, 2.05) is 6.07 Å². The van der Waals surface area contributed by atoms with E-state index in [4.69, 9.17) is 0 Å². The highest BCUT2D eigenvalue weighted by atomic mass is 79.9. The number of amides is 1. The van der Waals surface area contributed by atoms with E-state index in [0.29, 0.717) is 0 Å². The third kappa shape index (κ3) is 2.10. The molecule has 1 aliphatic heterocycles. The Labute approximate surface area is 118 Å². The zero-order chi connectivity index (χ0) is 12.5. The molecule has 1 amide bonds. The Hall–Kier alpha value is -1.13. The molecule has 1 N–H and O–H groups in total. The number of fused-ring (bicyclic) bond motifs is 1. The smallest absolute Gasteiger partial charge is 0.251 e. The lowest BCUT2D eigenvalue weighted by molar-refractivity contribution is 0.0946. The lowest BCUT2D eigenvalue weighted by Crippen LogP contribution is -2.31. The molecule has 92 valence electrons. The van der Waals surface area contributed by atoms with Gasteiger partial charge in [-0.1, -0.05) is 28.1 Å². The van der Waals surface area contributed by atoms with Crippen LogP contribution in [-0.4, -0.2) is 12.5 Å². The number of hydrogen-bond acceptors (Lipinski definition) is 2. The Morgan fingerprint density at radius 3 is 2.94 bits per heavy atom. The number of halogens is 1. The van der Waals surface area contributed by atoms with Crippen LogP contribution in [0, 0.1) is 0 Å². The highest BCUT2D eigenvalue weighted by Crippen LogP contribution is 2.33. The third-order valence-electron chi connectivity index (χ3n) is 3.19. The van der Waals surface area contributed by atoms with Crippen LogP contribution in [0.1, 0.15) is 31.9 Å². The monoisotopic (exact) mass is 321 g/mol. The van der Waals surface area contributed by atoms with Gasteiger partial charge in [0.25, 0.3) is 5.91 Å². The molecule has 0 bridgehead atoms. The van der Waals surface area contributed by atoms with Crippen molar-refractivity contribution in [1.82, 2.24) is 5.32 Å². The largest absolute Gasteiger partial charge is 0.352 e.